The van der Waals surface area contributed by atoms with E-state index >= 15 is 0 Å². The summed E-state index contributed by atoms with van der Waals surface area (Å²) in [6, 6.07) is 7.49. The van der Waals surface area contributed by atoms with E-state index in [1.165, 1.54) is 0 Å². The van der Waals surface area contributed by atoms with Crippen molar-refractivity contribution >= 4 is 0 Å². The number of hydrogen-bond acceptors (Lipinski definition) is 1. The largest absolute Gasteiger partial charge is 0.344 e. The van der Waals surface area contributed by atoms with Gasteiger partial charge in [0.2, 0.25) is 6.36 Å². The molecule has 0 saturated carbocycles. The SMILES string of the molecule is FC1OCCc2ccccc21. The number of rotatable bonds is 0. The molecule has 1 atom stereocenters. The van der Waals surface area contributed by atoms with Crippen LogP contribution in [0, 0.1) is 0 Å². The van der Waals surface area contributed by atoms with E-state index in [1.54, 1.807) is 6.07 Å². The maximum atomic E-state index is 13.0. The Balaban J connectivity index is 2.44. The van der Waals surface area contributed by atoms with Crippen molar-refractivity contribution < 1.29 is 9.13 Å². The third kappa shape index (κ3) is 1.14. The molecule has 1 aromatic carbocycles. The summed E-state index contributed by atoms with van der Waals surface area (Å²) in [7, 11) is 0. The molecule has 58 valence electrons. The van der Waals surface area contributed by atoms with Crippen LogP contribution in [0.25, 0.3) is 0 Å². The van der Waals surface area contributed by atoms with Gasteiger partial charge in [-0.1, -0.05) is 24.3 Å². The second-order valence-corrected chi connectivity index (χ2v) is 2.64. The number of hydrogen-bond donors (Lipinski definition) is 0. The number of ether oxygens (including phenoxy) is 1. The highest BCUT2D eigenvalue weighted by molar-refractivity contribution is 5.29. The van der Waals surface area contributed by atoms with Crippen LogP contribution in [0.1, 0.15) is 17.5 Å². The van der Waals surface area contributed by atoms with Gasteiger partial charge in [0.25, 0.3) is 0 Å². The topological polar surface area (TPSA) is 9.23 Å². The first-order valence-corrected chi connectivity index (χ1v) is 3.71. The van der Waals surface area contributed by atoms with Crippen LogP contribution in [0.2, 0.25) is 0 Å². The molecule has 1 aromatic rings. The summed E-state index contributed by atoms with van der Waals surface area (Å²) in [5, 5.41) is 0. The van der Waals surface area contributed by atoms with Crippen LogP contribution in [0.4, 0.5) is 4.39 Å². The van der Waals surface area contributed by atoms with Crippen LogP contribution in [-0.2, 0) is 11.2 Å². The van der Waals surface area contributed by atoms with Gasteiger partial charge in [0, 0.05) is 5.56 Å². The van der Waals surface area contributed by atoms with Crippen molar-refractivity contribution in [3.8, 4) is 0 Å². The van der Waals surface area contributed by atoms with Crippen LogP contribution in [0.5, 0.6) is 0 Å². The Hall–Kier alpha value is -0.890. The van der Waals surface area contributed by atoms with Crippen molar-refractivity contribution in [1.82, 2.24) is 0 Å². The molecule has 2 heteroatoms. The molecule has 1 unspecified atom stereocenters. The van der Waals surface area contributed by atoms with Gasteiger partial charge in [0.15, 0.2) is 0 Å². The second-order valence-electron chi connectivity index (χ2n) is 2.64. The van der Waals surface area contributed by atoms with Crippen molar-refractivity contribution in [2.75, 3.05) is 6.61 Å². The summed E-state index contributed by atoms with van der Waals surface area (Å²) in [4.78, 5) is 0. The molecule has 0 bridgehead atoms. The van der Waals surface area contributed by atoms with Crippen molar-refractivity contribution in [1.29, 1.82) is 0 Å². The van der Waals surface area contributed by atoms with Crippen LogP contribution >= 0.6 is 0 Å². The minimum absolute atomic E-state index is 0.498. The number of benzene rings is 1. The van der Waals surface area contributed by atoms with Crippen molar-refractivity contribution in [2.24, 2.45) is 0 Å². The van der Waals surface area contributed by atoms with Gasteiger partial charge >= 0.3 is 0 Å². The summed E-state index contributed by atoms with van der Waals surface area (Å²) >= 11 is 0. The van der Waals surface area contributed by atoms with Gasteiger partial charge < -0.3 is 4.74 Å². The van der Waals surface area contributed by atoms with Crippen molar-refractivity contribution in [3.63, 3.8) is 0 Å². The fourth-order valence-electron chi connectivity index (χ4n) is 1.35. The molecule has 0 radical (unpaired) electrons. The molecule has 0 saturated heterocycles. The monoisotopic (exact) mass is 152 g/mol. The van der Waals surface area contributed by atoms with Crippen LogP contribution in [0.15, 0.2) is 24.3 Å². The molecule has 0 fully saturated rings. The Labute approximate surface area is 64.8 Å². The zero-order chi connectivity index (χ0) is 7.68. The van der Waals surface area contributed by atoms with Crippen LogP contribution < -0.4 is 0 Å². The molecular formula is C9H9FO. The van der Waals surface area contributed by atoms with Gasteiger partial charge in [0.05, 0.1) is 6.61 Å². The lowest BCUT2D eigenvalue weighted by molar-refractivity contribution is -0.0497. The molecule has 0 aromatic heterocycles. The van der Waals surface area contributed by atoms with Gasteiger partial charge in [-0.15, -0.1) is 0 Å². The number of alkyl halides is 1. The average Bonchev–Trinajstić information content (AvgIpc) is 2.06. The van der Waals surface area contributed by atoms with E-state index in [0.717, 1.165) is 12.0 Å². The van der Waals surface area contributed by atoms with Crippen LogP contribution in [-0.4, -0.2) is 6.61 Å². The van der Waals surface area contributed by atoms with E-state index in [0.29, 0.717) is 12.2 Å². The quantitative estimate of drug-likeness (QED) is 0.554. The third-order valence-corrected chi connectivity index (χ3v) is 1.94. The standard InChI is InChI=1S/C9H9FO/c10-9-8-4-2-1-3-7(8)5-6-11-9/h1-4,9H,5-6H2. The van der Waals surface area contributed by atoms with E-state index in [2.05, 4.69) is 0 Å². The first kappa shape index (κ1) is 6.80. The lowest BCUT2D eigenvalue weighted by Crippen LogP contribution is -2.12. The van der Waals surface area contributed by atoms with Crippen molar-refractivity contribution in [3.05, 3.63) is 35.4 Å². The highest BCUT2D eigenvalue weighted by Gasteiger charge is 2.18. The molecule has 0 aliphatic carbocycles. The fraction of sp³-hybridized carbons (Fsp3) is 0.333. The van der Waals surface area contributed by atoms with E-state index in [4.69, 9.17) is 4.74 Å². The number of fused-ring (bicyclic) bond motifs is 1. The molecular weight excluding hydrogens is 143 g/mol. The minimum Gasteiger partial charge on any atom is -0.344 e. The normalized spacial score (nSPS) is 22.8. The zero-order valence-electron chi connectivity index (χ0n) is 6.09. The lowest BCUT2D eigenvalue weighted by Gasteiger charge is -2.19. The van der Waals surface area contributed by atoms with Crippen LogP contribution in [0.3, 0.4) is 0 Å². The summed E-state index contributed by atoms with van der Waals surface area (Å²) in [5.41, 5.74) is 1.77. The Bertz CT molecular complexity index is 259. The fourth-order valence-corrected chi connectivity index (χ4v) is 1.35. The summed E-state index contributed by atoms with van der Waals surface area (Å²) in [6.45, 7) is 0.498. The summed E-state index contributed by atoms with van der Waals surface area (Å²) in [6.07, 6.45) is -0.378. The Morgan fingerprint density at radius 2 is 2.18 bits per heavy atom. The molecule has 1 nitrogen and oxygen atoms in total. The Morgan fingerprint density at radius 1 is 1.36 bits per heavy atom. The molecule has 0 spiro atoms. The maximum absolute atomic E-state index is 13.0. The van der Waals surface area contributed by atoms with E-state index in [-0.39, 0.29) is 0 Å². The smallest absolute Gasteiger partial charge is 0.225 e. The van der Waals surface area contributed by atoms with Crippen molar-refractivity contribution in [2.45, 2.75) is 12.8 Å². The Morgan fingerprint density at radius 3 is 3.00 bits per heavy atom. The predicted molar refractivity (Wildman–Crippen MR) is 39.9 cm³/mol. The molecule has 0 amide bonds. The molecule has 11 heavy (non-hydrogen) atoms. The van der Waals surface area contributed by atoms with E-state index in [1.807, 2.05) is 18.2 Å². The molecule has 1 aliphatic heterocycles. The summed E-state index contributed by atoms with van der Waals surface area (Å²) < 4.78 is 17.8. The second kappa shape index (κ2) is 2.62. The van der Waals surface area contributed by atoms with E-state index < -0.39 is 6.36 Å². The Kier molecular flexibility index (Phi) is 1.62. The minimum atomic E-state index is -1.21. The predicted octanol–water partition coefficient (Wildman–Crippen LogP) is 2.23. The average molecular weight is 152 g/mol. The highest BCUT2D eigenvalue weighted by Crippen LogP contribution is 2.27. The van der Waals surface area contributed by atoms with Gasteiger partial charge in [0.1, 0.15) is 0 Å². The molecule has 1 heterocycles. The van der Waals surface area contributed by atoms with Gasteiger partial charge in [-0.3, -0.25) is 0 Å². The molecule has 2 rings (SSSR count). The third-order valence-electron chi connectivity index (χ3n) is 1.94. The van der Waals surface area contributed by atoms with Gasteiger partial charge in [-0.05, 0) is 12.0 Å². The zero-order valence-corrected chi connectivity index (χ0v) is 6.09. The number of halogens is 1. The first-order valence-electron chi connectivity index (χ1n) is 3.71. The lowest BCUT2D eigenvalue weighted by atomic mass is 10.0. The first-order chi connectivity index (χ1) is 5.38. The maximum Gasteiger partial charge on any atom is 0.225 e. The molecule has 1 aliphatic rings. The highest BCUT2D eigenvalue weighted by atomic mass is 19.1. The summed E-state index contributed by atoms with van der Waals surface area (Å²) in [5.74, 6) is 0. The molecule has 0 N–H and O–H groups in total. The van der Waals surface area contributed by atoms with E-state index in [9.17, 15) is 4.39 Å². The van der Waals surface area contributed by atoms with Gasteiger partial charge in [-0.25, -0.2) is 4.39 Å². The van der Waals surface area contributed by atoms with Gasteiger partial charge in [-0.2, -0.15) is 0 Å².